The Balaban J connectivity index is 1.93. The molecule has 8 heteroatoms. The van der Waals surface area contributed by atoms with E-state index in [-0.39, 0.29) is 16.1 Å². The zero-order chi connectivity index (χ0) is 17.1. The fourth-order valence-corrected chi connectivity index (χ4v) is 2.36. The maximum absolute atomic E-state index is 12.4. The number of alkyl halides is 2. The summed E-state index contributed by atoms with van der Waals surface area (Å²) in [5, 5.41) is 4.53. The number of hydrogen-bond donors (Lipinski definition) is 1. The first-order valence-corrected chi connectivity index (χ1v) is 7.29. The second-order valence-electron chi connectivity index (χ2n) is 4.78. The zero-order valence-corrected chi connectivity index (χ0v) is 13.0. The van der Waals surface area contributed by atoms with E-state index in [2.05, 4.69) is 14.8 Å². The number of nitrogens with one attached hydrogen (secondary N) is 1. The normalized spacial score (nSPS) is 11.5. The summed E-state index contributed by atoms with van der Waals surface area (Å²) >= 11 is 5.14. The number of hydrogen-bond acceptors (Lipinski definition) is 4. The first-order chi connectivity index (χ1) is 11.5. The molecule has 0 unspecified atom stereocenters. The molecular formula is C16H11F2N3O2S. The van der Waals surface area contributed by atoms with Crippen molar-refractivity contribution in [3.05, 3.63) is 69.2 Å². The molecule has 0 aliphatic heterocycles. The summed E-state index contributed by atoms with van der Waals surface area (Å²) in [6.45, 7) is -2.88. The smallest absolute Gasteiger partial charge is 0.387 e. The summed E-state index contributed by atoms with van der Waals surface area (Å²) in [5.41, 5.74) is 0.891. The van der Waals surface area contributed by atoms with E-state index in [0.29, 0.717) is 16.5 Å². The van der Waals surface area contributed by atoms with Crippen LogP contribution in [-0.2, 0) is 0 Å². The van der Waals surface area contributed by atoms with Crippen LogP contribution in [0.2, 0.25) is 0 Å². The molecule has 1 heterocycles. The predicted octanol–water partition coefficient (Wildman–Crippen LogP) is 3.54. The van der Waals surface area contributed by atoms with Gasteiger partial charge < -0.3 is 9.72 Å². The highest BCUT2D eigenvalue weighted by Crippen LogP contribution is 2.14. The lowest BCUT2D eigenvalue weighted by Crippen LogP contribution is -2.18. The van der Waals surface area contributed by atoms with E-state index in [9.17, 15) is 13.6 Å². The van der Waals surface area contributed by atoms with Gasteiger partial charge in [-0.15, -0.1) is 0 Å². The number of aromatic nitrogens is 2. The monoisotopic (exact) mass is 347 g/mol. The molecule has 0 radical (unpaired) electrons. The number of nitrogens with zero attached hydrogens (tertiary/aromatic N) is 2. The third-order valence-corrected chi connectivity index (χ3v) is 3.49. The van der Waals surface area contributed by atoms with E-state index in [1.165, 1.54) is 18.3 Å². The molecule has 122 valence electrons. The van der Waals surface area contributed by atoms with Crippen molar-refractivity contribution in [3.8, 4) is 5.75 Å². The fraction of sp³-hybridized carbons (Fsp3) is 0.0625. The van der Waals surface area contributed by atoms with Crippen molar-refractivity contribution in [2.75, 3.05) is 0 Å². The standard InChI is InChI=1S/C16H11F2N3O2S/c17-15(18)23-11-7-5-10(6-8-11)9-19-21-14(22)12-3-1-2-4-13(12)20-16(21)24/h1-9,15H,(H,20,24)/b19-9-. The lowest BCUT2D eigenvalue weighted by Gasteiger charge is -2.04. The van der Waals surface area contributed by atoms with E-state index in [1.807, 2.05) is 0 Å². The van der Waals surface area contributed by atoms with Gasteiger partial charge in [-0.05, 0) is 54.2 Å². The van der Waals surface area contributed by atoms with E-state index in [4.69, 9.17) is 12.2 Å². The number of rotatable bonds is 4. The average molecular weight is 347 g/mol. The van der Waals surface area contributed by atoms with Gasteiger partial charge in [0.2, 0.25) is 4.77 Å². The van der Waals surface area contributed by atoms with Crippen LogP contribution in [-0.4, -0.2) is 22.5 Å². The summed E-state index contributed by atoms with van der Waals surface area (Å²) in [6.07, 6.45) is 1.41. The van der Waals surface area contributed by atoms with Gasteiger partial charge in [-0.3, -0.25) is 4.79 Å². The lowest BCUT2D eigenvalue weighted by molar-refractivity contribution is -0.0498. The Morgan fingerprint density at radius 2 is 1.88 bits per heavy atom. The Kier molecular flexibility index (Phi) is 4.48. The van der Waals surface area contributed by atoms with Gasteiger partial charge in [0.1, 0.15) is 5.75 Å². The Hall–Kier alpha value is -2.87. The van der Waals surface area contributed by atoms with Crippen LogP contribution in [0.4, 0.5) is 8.78 Å². The van der Waals surface area contributed by atoms with Crippen LogP contribution in [0.5, 0.6) is 5.75 Å². The van der Waals surface area contributed by atoms with Crippen molar-refractivity contribution in [2.45, 2.75) is 6.61 Å². The second-order valence-corrected chi connectivity index (χ2v) is 5.17. The highest BCUT2D eigenvalue weighted by Gasteiger charge is 2.04. The SMILES string of the molecule is O=c1c2ccccc2[nH]c(=S)n1/N=C\c1ccc(OC(F)F)cc1. The highest BCUT2D eigenvalue weighted by atomic mass is 32.1. The average Bonchev–Trinajstić information content (AvgIpc) is 2.55. The quantitative estimate of drug-likeness (QED) is 0.580. The number of aromatic amines is 1. The first-order valence-electron chi connectivity index (χ1n) is 6.88. The summed E-state index contributed by atoms with van der Waals surface area (Å²) in [7, 11) is 0. The van der Waals surface area contributed by atoms with E-state index < -0.39 is 6.61 Å². The molecule has 3 rings (SSSR count). The van der Waals surface area contributed by atoms with Gasteiger partial charge in [0, 0.05) is 0 Å². The van der Waals surface area contributed by atoms with Crippen LogP contribution in [0, 0.1) is 4.77 Å². The Morgan fingerprint density at radius 3 is 2.58 bits per heavy atom. The molecule has 0 amide bonds. The van der Waals surface area contributed by atoms with Crippen LogP contribution in [0.15, 0.2) is 58.4 Å². The molecule has 3 aromatic rings. The van der Waals surface area contributed by atoms with E-state index in [1.54, 1.807) is 36.4 Å². The first kappa shape index (κ1) is 16.0. The molecule has 0 saturated heterocycles. The van der Waals surface area contributed by atoms with Crippen LogP contribution in [0.1, 0.15) is 5.56 Å². The molecule has 5 nitrogen and oxygen atoms in total. The second kappa shape index (κ2) is 6.71. The summed E-state index contributed by atoms with van der Waals surface area (Å²) in [4.78, 5) is 15.3. The fourth-order valence-electron chi connectivity index (χ4n) is 2.12. The number of fused-ring (bicyclic) bond motifs is 1. The minimum Gasteiger partial charge on any atom is -0.435 e. The molecule has 1 aromatic heterocycles. The number of para-hydroxylation sites is 1. The van der Waals surface area contributed by atoms with Gasteiger partial charge in [0.15, 0.2) is 0 Å². The molecule has 0 atom stereocenters. The van der Waals surface area contributed by atoms with Crippen molar-refractivity contribution in [3.63, 3.8) is 0 Å². The molecule has 0 aliphatic carbocycles. The lowest BCUT2D eigenvalue weighted by atomic mass is 10.2. The molecule has 0 fully saturated rings. The Morgan fingerprint density at radius 1 is 1.17 bits per heavy atom. The summed E-state index contributed by atoms with van der Waals surface area (Å²) < 4.78 is 29.7. The van der Waals surface area contributed by atoms with Crippen LogP contribution in [0.25, 0.3) is 10.9 Å². The Bertz CT molecular complexity index is 1010. The third kappa shape index (κ3) is 3.38. The van der Waals surface area contributed by atoms with Crippen molar-refractivity contribution >= 4 is 29.3 Å². The van der Waals surface area contributed by atoms with Crippen LogP contribution >= 0.6 is 12.2 Å². The minimum absolute atomic E-state index is 0.0438. The van der Waals surface area contributed by atoms with E-state index in [0.717, 1.165) is 4.68 Å². The maximum atomic E-state index is 12.4. The number of benzene rings is 2. The predicted molar refractivity (Wildman–Crippen MR) is 89.5 cm³/mol. The van der Waals surface area contributed by atoms with Crippen LogP contribution in [0.3, 0.4) is 0 Å². The van der Waals surface area contributed by atoms with Gasteiger partial charge in [0.05, 0.1) is 17.1 Å². The number of halogens is 2. The number of H-pyrrole nitrogens is 1. The molecule has 0 spiro atoms. The van der Waals surface area contributed by atoms with Gasteiger partial charge in [-0.1, -0.05) is 12.1 Å². The molecular weight excluding hydrogens is 336 g/mol. The molecule has 1 N–H and O–H groups in total. The molecule has 0 saturated carbocycles. The topological polar surface area (TPSA) is 59.4 Å². The maximum Gasteiger partial charge on any atom is 0.387 e. The Labute approximate surface area is 139 Å². The summed E-state index contributed by atoms with van der Waals surface area (Å²) in [6, 6.07) is 12.8. The largest absolute Gasteiger partial charge is 0.435 e. The van der Waals surface area contributed by atoms with Crippen molar-refractivity contribution in [2.24, 2.45) is 5.10 Å². The van der Waals surface area contributed by atoms with Gasteiger partial charge >= 0.3 is 6.61 Å². The van der Waals surface area contributed by atoms with Crippen molar-refractivity contribution < 1.29 is 13.5 Å². The molecule has 0 aliphatic rings. The van der Waals surface area contributed by atoms with Crippen molar-refractivity contribution in [1.29, 1.82) is 0 Å². The van der Waals surface area contributed by atoms with Crippen molar-refractivity contribution in [1.82, 2.24) is 9.66 Å². The minimum atomic E-state index is -2.88. The number of ether oxygens (including phenoxy) is 1. The molecule has 0 bridgehead atoms. The zero-order valence-electron chi connectivity index (χ0n) is 12.1. The van der Waals surface area contributed by atoms with Crippen LogP contribution < -0.4 is 10.3 Å². The summed E-state index contributed by atoms with van der Waals surface area (Å²) in [5.74, 6) is 0.0438. The van der Waals surface area contributed by atoms with Gasteiger partial charge in [-0.2, -0.15) is 18.6 Å². The third-order valence-electron chi connectivity index (χ3n) is 3.21. The highest BCUT2D eigenvalue weighted by molar-refractivity contribution is 7.71. The van der Waals surface area contributed by atoms with E-state index >= 15 is 0 Å². The van der Waals surface area contributed by atoms with Gasteiger partial charge in [-0.25, -0.2) is 0 Å². The van der Waals surface area contributed by atoms with Gasteiger partial charge in [0.25, 0.3) is 5.56 Å². The molecule has 24 heavy (non-hydrogen) atoms. The molecule has 2 aromatic carbocycles.